The molecule has 0 fully saturated rings. The number of anilines is 1. The van der Waals surface area contributed by atoms with Crippen LogP contribution < -0.4 is 5.32 Å². The molecule has 1 atom stereocenters. The molecule has 1 aromatic carbocycles. The number of ether oxygens (including phenoxy) is 1. The summed E-state index contributed by atoms with van der Waals surface area (Å²) in [6, 6.07) is 5.64. The summed E-state index contributed by atoms with van der Waals surface area (Å²) in [6.45, 7) is 4.17. The molecule has 0 amide bonds. The zero-order chi connectivity index (χ0) is 18.1. The number of hydrogen-bond donors (Lipinski definition) is 2. The van der Waals surface area contributed by atoms with E-state index in [-0.39, 0.29) is 11.9 Å². The number of aromatic nitrogens is 4. The zero-order valence-corrected chi connectivity index (χ0v) is 14.6. The Kier molecular flexibility index (Phi) is 4.16. The monoisotopic (exact) mass is 353 g/mol. The lowest BCUT2D eigenvalue weighted by Crippen LogP contribution is -2.25. The summed E-state index contributed by atoms with van der Waals surface area (Å²) >= 11 is 0. The van der Waals surface area contributed by atoms with E-state index in [1.807, 2.05) is 18.2 Å². The first kappa shape index (κ1) is 16.3. The molecule has 8 heteroatoms. The maximum Gasteiger partial charge on any atom is 0.336 e. The predicted molar refractivity (Wildman–Crippen MR) is 94.4 cm³/mol. The van der Waals surface area contributed by atoms with Crippen molar-refractivity contribution in [3.05, 3.63) is 46.8 Å². The highest BCUT2D eigenvalue weighted by Gasteiger charge is 2.36. The minimum Gasteiger partial charge on any atom is -0.463 e. The molecular weight excluding hydrogens is 334 g/mol. The summed E-state index contributed by atoms with van der Waals surface area (Å²) in [5, 5.41) is 18.4. The summed E-state index contributed by atoms with van der Waals surface area (Å²) in [7, 11) is 0. The Balaban J connectivity index is 1.96. The largest absolute Gasteiger partial charge is 0.463 e. The molecule has 0 aliphatic carbocycles. The molecule has 0 spiro atoms. The number of nitrogens with zero attached hydrogens (tertiary/aromatic N) is 3. The van der Waals surface area contributed by atoms with Crippen LogP contribution in [0.15, 0.2) is 40.3 Å². The van der Waals surface area contributed by atoms with Gasteiger partial charge in [0, 0.05) is 17.5 Å². The molecule has 0 radical (unpaired) electrons. The molecular formula is C18H19N5O3. The number of fused-ring (bicyclic) bond motifs is 2. The Morgan fingerprint density at radius 1 is 1.27 bits per heavy atom. The number of esters is 1. The van der Waals surface area contributed by atoms with Crippen LogP contribution in [0.1, 0.15) is 43.7 Å². The number of benzene rings is 1. The van der Waals surface area contributed by atoms with Gasteiger partial charge >= 0.3 is 5.97 Å². The van der Waals surface area contributed by atoms with Crippen LogP contribution in [0.2, 0.25) is 0 Å². The van der Waals surface area contributed by atoms with Gasteiger partial charge in [-0.3, -0.25) is 5.10 Å². The lowest BCUT2D eigenvalue weighted by Gasteiger charge is -2.28. The molecule has 1 aliphatic rings. The van der Waals surface area contributed by atoms with Crippen molar-refractivity contribution in [2.75, 3.05) is 11.9 Å². The van der Waals surface area contributed by atoms with Crippen molar-refractivity contribution in [1.82, 2.24) is 20.5 Å². The van der Waals surface area contributed by atoms with Gasteiger partial charge in [-0.05, 0) is 35.3 Å². The van der Waals surface area contributed by atoms with Crippen molar-refractivity contribution in [3.8, 4) is 0 Å². The number of allylic oxidation sites excluding steroid dienone is 1. The molecule has 26 heavy (non-hydrogen) atoms. The van der Waals surface area contributed by atoms with Crippen LogP contribution in [0.3, 0.4) is 0 Å². The second kappa shape index (κ2) is 6.62. The SMILES string of the molecule is CCCC1=C(C(=O)OCC)C(c2cccc3nonc23)c2c[nH]nc2N1. The fourth-order valence-corrected chi connectivity index (χ4v) is 3.44. The second-order valence-electron chi connectivity index (χ2n) is 6.09. The maximum atomic E-state index is 12.9. The van der Waals surface area contributed by atoms with Crippen molar-refractivity contribution < 1.29 is 14.2 Å². The van der Waals surface area contributed by atoms with Crippen LogP contribution in [0, 0.1) is 0 Å². The Morgan fingerprint density at radius 3 is 2.96 bits per heavy atom. The fourth-order valence-electron chi connectivity index (χ4n) is 3.44. The van der Waals surface area contributed by atoms with Crippen molar-refractivity contribution in [3.63, 3.8) is 0 Å². The van der Waals surface area contributed by atoms with E-state index >= 15 is 0 Å². The first-order valence-electron chi connectivity index (χ1n) is 8.66. The highest BCUT2D eigenvalue weighted by Crippen LogP contribution is 2.43. The molecule has 134 valence electrons. The second-order valence-corrected chi connectivity index (χ2v) is 6.09. The standard InChI is InChI=1S/C18H19N5O3/c1-3-6-12-15(18(24)25-4-2)14(11-9-19-21-17(11)20-12)10-7-5-8-13-16(10)23-26-22-13/h5,7-9,14H,3-4,6H2,1-2H3,(H2,19,20,21). The summed E-state index contributed by atoms with van der Waals surface area (Å²) in [6.07, 6.45) is 3.39. The van der Waals surface area contributed by atoms with Crippen molar-refractivity contribution >= 4 is 22.8 Å². The van der Waals surface area contributed by atoms with Crippen LogP contribution in [0.25, 0.3) is 11.0 Å². The average Bonchev–Trinajstić information content (AvgIpc) is 3.29. The number of rotatable bonds is 5. The Hall–Kier alpha value is -3.16. The maximum absolute atomic E-state index is 12.9. The molecule has 0 bridgehead atoms. The molecule has 1 aliphatic heterocycles. The number of carbonyl (C=O) groups excluding carboxylic acids is 1. The normalized spacial score (nSPS) is 16.5. The van der Waals surface area contributed by atoms with Crippen LogP contribution in [-0.4, -0.2) is 33.1 Å². The topological polar surface area (TPSA) is 106 Å². The van der Waals surface area contributed by atoms with Crippen molar-refractivity contribution in [1.29, 1.82) is 0 Å². The molecule has 4 rings (SSSR count). The van der Waals surface area contributed by atoms with Gasteiger partial charge in [0.2, 0.25) is 0 Å². The smallest absolute Gasteiger partial charge is 0.336 e. The van der Waals surface area contributed by atoms with Gasteiger partial charge < -0.3 is 10.1 Å². The fraction of sp³-hybridized carbons (Fsp3) is 0.333. The van der Waals surface area contributed by atoms with Gasteiger partial charge in [-0.2, -0.15) is 5.10 Å². The van der Waals surface area contributed by atoms with Gasteiger partial charge in [0.05, 0.1) is 18.1 Å². The van der Waals surface area contributed by atoms with Crippen LogP contribution >= 0.6 is 0 Å². The highest BCUT2D eigenvalue weighted by molar-refractivity contribution is 5.96. The van der Waals surface area contributed by atoms with Gasteiger partial charge in [0.1, 0.15) is 11.0 Å². The van der Waals surface area contributed by atoms with E-state index in [0.29, 0.717) is 35.5 Å². The van der Waals surface area contributed by atoms with Crippen LogP contribution in [0.4, 0.5) is 5.82 Å². The molecule has 8 nitrogen and oxygen atoms in total. The van der Waals surface area contributed by atoms with Gasteiger partial charge in [0.25, 0.3) is 0 Å². The van der Waals surface area contributed by atoms with Crippen molar-refractivity contribution in [2.24, 2.45) is 0 Å². The summed E-state index contributed by atoms with van der Waals surface area (Å²) in [4.78, 5) is 12.9. The van der Waals surface area contributed by atoms with Crippen molar-refractivity contribution in [2.45, 2.75) is 32.6 Å². The van der Waals surface area contributed by atoms with E-state index in [2.05, 4.69) is 32.8 Å². The molecule has 1 unspecified atom stereocenters. The molecule has 2 N–H and O–H groups in total. The van der Waals surface area contributed by atoms with Gasteiger partial charge in [0.15, 0.2) is 5.82 Å². The number of hydrogen-bond acceptors (Lipinski definition) is 7. The lowest BCUT2D eigenvalue weighted by atomic mass is 9.81. The number of nitrogens with one attached hydrogen (secondary N) is 2. The first-order valence-corrected chi connectivity index (χ1v) is 8.66. The minimum absolute atomic E-state index is 0.308. The summed E-state index contributed by atoms with van der Waals surface area (Å²) in [5.41, 5.74) is 4.38. The van der Waals surface area contributed by atoms with E-state index in [4.69, 9.17) is 9.37 Å². The van der Waals surface area contributed by atoms with E-state index in [1.165, 1.54) is 0 Å². The van der Waals surface area contributed by atoms with E-state index in [9.17, 15) is 4.79 Å². The quantitative estimate of drug-likeness (QED) is 0.679. The molecule has 3 aromatic rings. The Morgan fingerprint density at radius 2 is 2.15 bits per heavy atom. The summed E-state index contributed by atoms with van der Waals surface area (Å²) in [5.74, 6) is 0.00918. The highest BCUT2D eigenvalue weighted by atomic mass is 16.6. The third-order valence-electron chi connectivity index (χ3n) is 4.49. The molecule has 3 heterocycles. The molecule has 0 saturated carbocycles. The van der Waals surface area contributed by atoms with Gasteiger partial charge in [-0.25, -0.2) is 9.42 Å². The third-order valence-corrected chi connectivity index (χ3v) is 4.49. The van der Waals surface area contributed by atoms with Crippen LogP contribution in [0.5, 0.6) is 0 Å². The predicted octanol–water partition coefficient (Wildman–Crippen LogP) is 3.12. The first-order chi connectivity index (χ1) is 12.7. The minimum atomic E-state index is -0.360. The Bertz CT molecular complexity index is 988. The summed E-state index contributed by atoms with van der Waals surface area (Å²) < 4.78 is 10.3. The molecule has 0 saturated heterocycles. The average molecular weight is 353 g/mol. The van der Waals surface area contributed by atoms with Crippen LogP contribution in [-0.2, 0) is 9.53 Å². The number of aromatic amines is 1. The molecule has 2 aromatic heterocycles. The Labute approximate surface area is 149 Å². The zero-order valence-electron chi connectivity index (χ0n) is 14.6. The van der Waals surface area contributed by atoms with Gasteiger partial charge in [-0.15, -0.1) is 0 Å². The van der Waals surface area contributed by atoms with Gasteiger partial charge in [-0.1, -0.05) is 25.5 Å². The third kappa shape index (κ3) is 2.54. The number of carbonyl (C=O) groups is 1. The lowest BCUT2D eigenvalue weighted by molar-refractivity contribution is -0.138. The van der Waals surface area contributed by atoms with E-state index in [1.54, 1.807) is 13.1 Å². The number of H-pyrrole nitrogens is 1. The van der Waals surface area contributed by atoms with E-state index in [0.717, 1.165) is 23.2 Å². The van der Waals surface area contributed by atoms with E-state index < -0.39 is 0 Å².